The number of rotatable bonds is 6. The Balaban J connectivity index is 0.000000423. The molecule has 0 saturated carbocycles. The van der Waals surface area contributed by atoms with Crippen molar-refractivity contribution in [3.8, 4) is 0 Å². The third kappa shape index (κ3) is 9.14. The number of likely N-dealkylation sites (tertiary alicyclic amines) is 1. The SMILES string of the molecule is CS(=O)(=O)NC[C@@H]1CCC[C@]2(CCN(CCc3ccccc3)C2)O1.O=C(O)C(F)(F)F. The Kier molecular flexibility index (Phi) is 8.87. The number of carboxylic acid groups (broad SMARTS) is 1. The minimum Gasteiger partial charge on any atom is -0.475 e. The maximum absolute atomic E-state index is 11.3. The molecule has 1 aromatic carbocycles. The van der Waals surface area contributed by atoms with E-state index in [4.69, 9.17) is 14.6 Å². The maximum Gasteiger partial charge on any atom is 0.490 e. The van der Waals surface area contributed by atoms with Crippen LogP contribution in [-0.4, -0.2) is 74.7 Å². The molecule has 2 aliphatic rings. The molecule has 1 spiro atoms. The molecule has 2 fully saturated rings. The van der Waals surface area contributed by atoms with Gasteiger partial charge in [0.2, 0.25) is 10.0 Å². The van der Waals surface area contributed by atoms with E-state index in [-0.39, 0.29) is 11.7 Å². The van der Waals surface area contributed by atoms with Gasteiger partial charge >= 0.3 is 12.1 Å². The van der Waals surface area contributed by atoms with Crippen molar-refractivity contribution in [2.75, 3.05) is 32.4 Å². The van der Waals surface area contributed by atoms with E-state index in [0.29, 0.717) is 6.54 Å². The van der Waals surface area contributed by atoms with E-state index in [1.54, 1.807) is 0 Å². The first-order valence-electron chi connectivity index (χ1n) is 10.1. The van der Waals surface area contributed by atoms with E-state index >= 15 is 0 Å². The summed E-state index contributed by atoms with van der Waals surface area (Å²) in [6.07, 6.45) is 1.38. The zero-order valence-corrected chi connectivity index (χ0v) is 18.2. The Morgan fingerprint density at radius 3 is 2.52 bits per heavy atom. The van der Waals surface area contributed by atoms with Crippen LogP contribution in [0.4, 0.5) is 13.2 Å². The van der Waals surface area contributed by atoms with Crippen molar-refractivity contribution in [3.05, 3.63) is 35.9 Å². The first-order valence-corrected chi connectivity index (χ1v) is 12.0. The van der Waals surface area contributed by atoms with Crippen LogP contribution in [-0.2, 0) is 26.0 Å². The van der Waals surface area contributed by atoms with E-state index in [0.717, 1.165) is 51.7 Å². The number of sulfonamides is 1. The van der Waals surface area contributed by atoms with Crippen LogP contribution in [0.5, 0.6) is 0 Å². The highest BCUT2D eigenvalue weighted by molar-refractivity contribution is 7.88. The number of hydrogen-bond acceptors (Lipinski definition) is 5. The van der Waals surface area contributed by atoms with Crippen molar-refractivity contribution in [2.24, 2.45) is 0 Å². The van der Waals surface area contributed by atoms with Gasteiger partial charge < -0.3 is 14.7 Å². The van der Waals surface area contributed by atoms with Crippen LogP contribution < -0.4 is 4.72 Å². The number of ether oxygens (including phenoxy) is 1. The van der Waals surface area contributed by atoms with Crippen LogP contribution >= 0.6 is 0 Å². The molecule has 2 aliphatic heterocycles. The molecule has 3 rings (SSSR count). The monoisotopic (exact) mass is 466 g/mol. The molecule has 0 aliphatic carbocycles. The lowest BCUT2D eigenvalue weighted by molar-refractivity contribution is -0.192. The number of halogens is 3. The maximum atomic E-state index is 11.3. The fraction of sp³-hybridized carbons (Fsp3) is 0.650. The predicted octanol–water partition coefficient (Wildman–Crippen LogP) is 2.43. The van der Waals surface area contributed by atoms with Crippen LogP contribution in [0.2, 0.25) is 0 Å². The Hall–Kier alpha value is -1.69. The first kappa shape index (κ1) is 25.6. The summed E-state index contributed by atoms with van der Waals surface area (Å²) in [5.41, 5.74) is 1.30. The van der Waals surface area contributed by atoms with Gasteiger partial charge in [0.25, 0.3) is 0 Å². The zero-order chi connectivity index (χ0) is 23.1. The third-order valence-electron chi connectivity index (χ3n) is 5.35. The van der Waals surface area contributed by atoms with Crippen LogP contribution in [0.25, 0.3) is 0 Å². The van der Waals surface area contributed by atoms with Gasteiger partial charge in [-0.2, -0.15) is 13.2 Å². The normalized spacial score (nSPS) is 24.6. The van der Waals surface area contributed by atoms with Gasteiger partial charge in [0.15, 0.2) is 0 Å². The zero-order valence-electron chi connectivity index (χ0n) is 17.4. The van der Waals surface area contributed by atoms with Crippen molar-refractivity contribution in [3.63, 3.8) is 0 Å². The van der Waals surface area contributed by atoms with E-state index in [1.807, 2.05) is 0 Å². The molecule has 1 aromatic rings. The molecule has 2 N–H and O–H groups in total. The van der Waals surface area contributed by atoms with Gasteiger partial charge in [-0.05, 0) is 37.7 Å². The number of carbonyl (C=O) groups is 1. The van der Waals surface area contributed by atoms with E-state index in [2.05, 4.69) is 40.0 Å². The van der Waals surface area contributed by atoms with Gasteiger partial charge in [-0.1, -0.05) is 30.3 Å². The summed E-state index contributed by atoms with van der Waals surface area (Å²) in [6.45, 7) is 3.49. The summed E-state index contributed by atoms with van der Waals surface area (Å²) >= 11 is 0. The fourth-order valence-electron chi connectivity index (χ4n) is 3.86. The number of nitrogens with zero attached hydrogens (tertiary/aromatic N) is 1. The molecule has 11 heteroatoms. The number of aliphatic carboxylic acids is 1. The van der Waals surface area contributed by atoms with Crippen molar-refractivity contribution in [1.82, 2.24) is 9.62 Å². The smallest absolute Gasteiger partial charge is 0.475 e. The van der Waals surface area contributed by atoms with Gasteiger partial charge in [0.1, 0.15) is 0 Å². The van der Waals surface area contributed by atoms with Crippen molar-refractivity contribution in [1.29, 1.82) is 0 Å². The molecule has 7 nitrogen and oxygen atoms in total. The van der Waals surface area contributed by atoms with Gasteiger partial charge in [-0.15, -0.1) is 0 Å². The van der Waals surface area contributed by atoms with Crippen molar-refractivity contribution in [2.45, 2.75) is 50.0 Å². The number of carboxylic acids is 1. The quantitative estimate of drug-likeness (QED) is 0.669. The highest BCUT2D eigenvalue weighted by atomic mass is 32.2. The second-order valence-corrected chi connectivity index (χ2v) is 9.83. The summed E-state index contributed by atoms with van der Waals surface area (Å²) in [5.74, 6) is -2.76. The van der Waals surface area contributed by atoms with Crippen LogP contribution in [0.1, 0.15) is 31.2 Å². The summed E-state index contributed by atoms with van der Waals surface area (Å²) in [7, 11) is -3.15. The summed E-state index contributed by atoms with van der Waals surface area (Å²) in [5, 5.41) is 7.12. The van der Waals surface area contributed by atoms with Crippen LogP contribution in [0.3, 0.4) is 0 Å². The van der Waals surface area contributed by atoms with E-state index in [1.165, 1.54) is 11.8 Å². The molecule has 0 bridgehead atoms. The molecule has 2 atom stereocenters. The molecular weight excluding hydrogens is 437 g/mol. The van der Waals surface area contributed by atoms with Gasteiger partial charge in [0.05, 0.1) is 18.0 Å². The average Bonchev–Trinajstić information content (AvgIpc) is 3.07. The summed E-state index contributed by atoms with van der Waals surface area (Å²) < 4.78 is 63.2. The Bertz CT molecular complexity index is 820. The van der Waals surface area contributed by atoms with Gasteiger partial charge in [-0.3, -0.25) is 0 Å². The Labute approximate surface area is 180 Å². The Morgan fingerprint density at radius 2 is 1.94 bits per heavy atom. The molecular formula is C20H29F3N2O5S. The fourth-order valence-corrected chi connectivity index (χ4v) is 4.35. The molecule has 0 unspecified atom stereocenters. The lowest BCUT2D eigenvalue weighted by Gasteiger charge is -2.38. The Morgan fingerprint density at radius 1 is 1.29 bits per heavy atom. The van der Waals surface area contributed by atoms with E-state index in [9.17, 15) is 21.6 Å². The number of benzene rings is 1. The predicted molar refractivity (Wildman–Crippen MR) is 109 cm³/mol. The first-order chi connectivity index (χ1) is 14.4. The van der Waals surface area contributed by atoms with E-state index < -0.39 is 22.2 Å². The molecule has 0 radical (unpaired) electrons. The largest absolute Gasteiger partial charge is 0.490 e. The lowest BCUT2D eigenvalue weighted by Crippen LogP contribution is -2.46. The molecule has 0 amide bonds. The molecule has 0 aromatic heterocycles. The number of hydrogen-bond donors (Lipinski definition) is 2. The molecule has 2 saturated heterocycles. The summed E-state index contributed by atoms with van der Waals surface area (Å²) in [6, 6.07) is 10.6. The van der Waals surface area contributed by atoms with Crippen molar-refractivity contribution < 1.29 is 36.2 Å². The summed E-state index contributed by atoms with van der Waals surface area (Å²) in [4.78, 5) is 11.4. The van der Waals surface area contributed by atoms with Crippen LogP contribution in [0.15, 0.2) is 30.3 Å². The van der Waals surface area contributed by atoms with Crippen LogP contribution in [0, 0.1) is 0 Å². The van der Waals surface area contributed by atoms with Crippen molar-refractivity contribution >= 4 is 16.0 Å². The topological polar surface area (TPSA) is 95.9 Å². The second kappa shape index (κ2) is 10.8. The minimum absolute atomic E-state index is 0.00236. The highest BCUT2D eigenvalue weighted by Crippen LogP contribution is 2.36. The molecule has 2 heterocycles. The standard InChI is InChI=1S/C18H28N2O3S.C2HF3O2/c1-24(21,22)19-14-17-8-5-10-18(23-17)11-13-20(15-18)12-9-16-6-3-2-4-7-16;3-2(4,5)1(6)7/h2-4,6-7,17,19H,5,8-15H2,1H3;(H,6,7)/t17-,18+;/m0./s1. The number of nitrogens with one attached hydrogen (secondary N) is 1. The number of alkyl halides is 3. The van der Waals surface area contributed by atoms with Gasteiger partial charge in [-0.25, -0.2) is 17.9 Å². The second-order valence-electron chi connectivity index (χ2n) is 8.00. The van der Waals surface area contributed by atoms with Gasteiger partial charge in [0, 0.05) is 26.2 Å². The highest BCUT2D eigenvalue weighted by Gasteiger charge is 2.42. The minimum atomic E-state index is -5.08. The lowest BCUT2D eigenvalue weighted by atomic mass is 9.90. The molecule has 31 heavy (non-hydrogen) atoms. The molecule has 176 valence electrons. The average molecular weight is 467 g/mol. The third-order valence-corrected chi connectivity index (χ3v) is 6.04.